The van der Waals surface area contributed by atoms with Crippen LogP contribution in [0.1, 0.15) is 40.2 Å². The molecule has 5 N–H and O–H groups in total. The zero-order chi connectivity index (χ0) is 26.5. The molecule has 1 aromatic rings. The van der Waals surface area contributed by atoms with Crippen LogP contribution in [0.4, 0.5) is 4.79 Å². The Hall–Kier alpha value is -2.74. The van der Waals surface area contributed by atoms with Crippen LogP contribution in [-0.2, 0) is 24.7 Å². The quantitative estimate of drug-likeness (QED) is 0.358. The molecule has 2 saturated heterocycles. The summed E-state index contributed by atoms with van der Waals surface area (Å²) in [5, 5.41) is 24.1. The summed E-state index contributed by atoms with van der Waals surface area (Å²) in [6.45, 7) is 4.64. The molecule has 200 valence electrons. The number of carbonyl (C=O) groups is 4. The number of nitrogens with two attached hydrogens (primary N) is 1. The van der Waals surface area contributed by atoms with E-state index in [0.29, 0.717) is 36.4 Å². The number of cyclic esters (lactones) is 1. The van der Waals surface area contributed by atoms with E-state index in [1.807, 2.05) is 12.1 Å². The molecule has 13 heteroatoms. The molecule has 2 aliphatic heterocycles. The fourth-order valence-corrected chi connectivity index (χ4v) is 6.55. The van der Waals surface area contributed by atoms with E-state index in [1.54, 1.807) is 12.0 Å². The first-order valence-corrected chi connectivity index (χ1v) is 12.6. The third-order valence-electron chi connectivity index (χ3n) is 7.03. The molecule has 3 heterocycles. The lowest BCUT2D eigenvalue weighted by molar-refractivity contribution is -0.166. The third kappa shape index (κ3) is 6.14. The van der Waals surface area contributed by atoms with Gasteiger partial charge in [0.15, 0.2) is 6.10 Å². The lowest BCUT2D eigenvalue weighted by Crippen LogP contribution is -2.59. The van der Waals surface area contributed by atoms with Gasteiger partial charge in [-0.3, -0.25) is 9.59 Å². The van der Waals surface area contributed by atoms with E-state index in [0.717, 1.165) is 37.4 Å². The summed E-state index contributed by atoms with van der Waals surface area (Å²) in [5.41, 5.74) is 5.14. The van der Waals surface area contributed by atoms with E-state index in [9.17, 15) is 19.2 Å². The number of carboxylic acids is 2. The molecule has 4 rings (SSSR count). The van der Waals surface area contributed by atoms with Gasteiger partial charge in [-0.2, -0.15) is 0 Å². The number of ether oxygens (including phenoxy) is 2. The van der Waals surface area contributed by atoms with Gasteiger partial charge in [0.2, 0.25) is 0 Å². The van der Waals surface area contributed by atoms with Crippen LogP contribution in [0.2, 0.25) is 0 Å². The van der Waals surface area contributed by atoms with Gasteiger partial charge in [-0.05, 0) is 25.0 Å². The number of aliphatic carboxylic acids is 2. The summed E-state index contributed by atoms with van der Waals surface area (Å²) in [5.74, 6) is -2.47. The minimum Gasteiger partial charge on any atom is -0.481 e. The molecule has 3 atom stereocenters. The molecule has 1 aliphatic carbocycles. The maximum Gasteiger partial charge on any atom is 0.409 e. The molecule has 2 amide bonds. The number of amides is 2. The molecule has 12 nitrogen and oxygen atoms in total. The number of aliphatic hydroxyl groups excluding tert-OH is 1. The highest BCUT2D eigenvalue weighted by atomic mass is 32.1. The number of rotatable bonds is 9. The zero-order valence-corrected chi connectivity index (χ0v) is 20.9. The first-order chi connectivity index (χ1) is 17.1. The molecule has 2 bridgehead atoms. The largest absolute Gasteiger partial charge is 0.481 e. The second kappa shape index (κ2) is 12.0. The van der Waals surface area contributed by atoms with E-state index in [1.165, 1.54) is 17.8 Å². The van der Waals surface area contributed by atoms with Crippen molar-refractivity contribution in [1.29, 1.82) is 0 Å². The van der Waals surface area contributed by atoms with Crippen molar-refractivity contribution in [3.63, 3.8) is 0 Å². The van der Waals surface area contributed by atoms with Crippen molar-refractivity contribution in [3.05, 3.63) is 21.9 Å². The summed E-state index contributed by atoms with van der Waals surface area (Å²) in [6.07, 6.45) is 0.682. The molecular weight excluding hydrogens is 494 g/mol. The molecule has 0 radical (unpaired) electrons. The standard InChI is InChI=1S/C19H27N3O4S.C4H6O5/c1-25-19(16-6-5-15(27-16)17(20)23)13-3-2-4-14(19)12-21(11-13)7-8-22-9-10-26-18(22)24;5-2(4(8)9)1-3(6)7/h5-6,13-14H,2-4,7-12H2,1H3,(H2,20,23);2,5H,1H2,(H,6,7)(H,8,9). The van der Waals surface area contributed by atoms with E-state index in [-0.39, 0.29) is 17.6 Å². The lowest BCUT2D eigenvalue weighted by atomic mass is 9.64. The van der Waals surface area contributed by atoms with Crippen molar-refractivity contribution in [2.45, 2.75) is 37.4 Å². The van der Waals surface area contributed by atoms with E-state index < -0.39 is 24.5 Å². The number of piperidine rings is 1. The Kier molecular flexibility index (Phi) is 9.28. The van der Waals surface area contributed by atoms with Crippen LogP contribution in [0.25, 0.3) is 0 Å². The number of primary amides is 1. The van der Waals surface area contributed by atoms with Gasteiger partial charge in [-0.15, -0.1) is 11.3 Å². The highest BCUT2D eigenvalue weighted by molar-refractivity contribution is 7.14. The van der Waals surface area contributed by atoms with E-state index >= 15 is 0 Å². The fourth-order valence-electron chi connectivity index (χ4n) is 5.37. The molecule has 1 aromatic heterocycles. The predicted molar refractivity (Wildman–Crippen MR) is 128 cm³/mol. The number of aliphatic hydroxyl groups is 1. The maximum absolute atomic E-state index is 11.7. The predicted octanol–water partition coefficient (Wildman–Crippen LogP) is 0.779. The van der Waals surface area contributed by atoms with Crippen molar-refractivity contribution < 1.29 is 44.0 Å². The number of methoxy groups -OCH3 is 1. The number of thiophene rings is 1. The van der Waals surface area contributed by atoms with Crippen LogP contribution in [0.15, 0.2) is 12.1 Å². The second-order valence-electron chi connectivity index (χ2n) is 9.16. The second-order valence-corrected chi connectivity index (χ2v) is 10.2. The number of fused-ring (bicyclic) bond motifs is 2. The van der Waals surface area contributed by atoms with E-state index in [4.69, 9.17) is 30.5 Å². The highest BCUT2D eigenvalue weighted by Gasteiger charge is 2.54. The molecule has 3 aliphatic rings. The Labute approximate surface area is 212 Å². The van der Waals surface area contributed by atoms with Crippen molar-refractivity contribution >= 4 is 35.3 Å². The zero-order valence-electron chi connectivity index (χ0n) is 20.1. The molecule has 0 aromatic carbocycles. The Morgan fingerprint density at radius 3 is 2.33 bits per heavy atom. The Bertz CT molecular complexity index is 954. The fraction of sp³-hybridized carbons (Fsp3) is 0.652. The molecule has 3 unspecified atom stereocenters. The van der Waals surface area contributed by atoms with Crippen LogP contribution in [0.5, 0.6) is 0 Å². The minimum absolute atomic E-state index is 0.198. The van der Waals surface area contributed by atoms with Crippen molar-refractivity contribution in [2.75, 3.05) is 46.4 Å². The van der Waals surface area contributed by atoms with Gasteiger partial charge in [0.05, 0.1) is 17.8 Å². The Morgan fingerprint density at radius 2 is 1.89 bits per heavy atom. The lowest BCUT2D eigenvalue weighted by Gasteiger charge is -2.55. The monoisotopic (exact) mass is 527 g/mol. The van der Waals surface area contributed by atoms with Gasteiger partial charge in [0.25, 0.3) is 5.91 Å². The van der Waals surface area contributed by atoms with Gasteiger partial charge < -0.3 is 40.3 Å². The number of carboxylic acid groups (broad SMARTS) is 2. The van der Waals surface area contributed by atoms with Gasteiger partial charge in [-0.25, -0.2) is 9.59 Å². The molecule has 36 heavy (non-hydrogen) atoms. The first-order valence-electron chi connectivity index (χ1n) is 11.8. The number of hydrogen-bond acceptors (Lipinski definition) is 9. The van der Waals surface area contributed by atoms with Gasteiger partial charge >= 0.3 is 18.0 Å². The Balaban J connectivity index is 0.000000345. The van der Waals surface area contributed by atoms with Crippen molar-refractivity contribution in [3.8, 4) is 0 Å². The smallest absolute Gasteiger partial charge is 0.409 e. The molecule has 3 fully saturated rings. The number of carbonyl (C=O) groups excluding carboxylic acids is 2. The molecular formula is C23H33N3O9S. The van der Waals surface area contributed by atoms with Crippen LogP contribution in [0, 0.1) is 11.8 Å². The summed E-state index contributed by atoms with van der Waals surface area (Å²) in [4.78, 5) is 48.6. The van der Waals surface area contributed by atoms with Gasteiger partial charge in [0.1, 0.15) is 12.2 Å². The number of hydrogen-bond donors (Lipinski definition) is 4. The number of likely N-dealkylation sites (tertiary alicyclic amines) is 1. The van der Waals surface area contributed by atoms with E-state index in [2.05, 4.69) is 4.90 Å². The van der Waals surface area contributed by atoms with Crippen LogP contribution in [-0.4, -0.2) is 102 Å². The summed E-state index contributed by atoms with van der Waals surface area (Å²) < 4.78 is 11.2. The Morgan fingerprint density at radius 1 is 1.22 bits per heavy atom. The topological polar surface area (TPSA) is 180 Å². The molecule has 0 spiro atoms. The minimum atomic E-state index is -1.79. The average molecular weight is 528 g/mol. The van der Waals surface area contributed by atoms with Gasteiger partial charge in [0, 0.05) is 50.0 Å². The highest BCUT2D eigenvalue weighted by Crippen LogP contribution is 2.53. The van der Waals surface area contributed by atoms with Gasteiger partial charge in [-0.1, -0.05) is 6.42 Å². The summed E-state index contributed by atoms with van der Waals surface area (Å²) in [7, 11) is 1.80. The van der Waals surface area contributed by atoms with Crippen LogP contribution >= 0.6 is 11.3 Å². The summed E-state index contributed by atoms with van der Waals surface area (Å²) >= 11 is 1.48. The summed E-state index contributed by atoms with van der Waals surface area (Å²) in [6, 6.07) is 3.85. The normalized spacial score (nSPS) is 26.5. The number of nitrogens with zero attached hydrogens (tertiary/aromatic N) is 2. The molecule has 1 saturated carbocycles. The van der Waals surface area contributed by atoms with Crippen molar-refractivity contribution in [2.24, 2.45) is 17.6 Å². The maximum atomic E-state index is 11.7. The van der Waals surface area contributed by atoms with Crippen LogP contribution < -0.4 is 5.73 Å². The third-order valence-corrected chi connectivity index (χ3v) is 8.26. The first kappa shape index (κ1) is 27.8. The van der Waals surface area contributed by atoms with Crippen LogP contribution in [0.3, 0.4) is 0 Å². The SMILES string of the molecule is COC1(c2ccc(C(N)=O)s2)C2CCCC1CN(CCN1CCOC1=O)C2.O=C(O)CC(O)C(=O)O. The average Bonchev–Trinajstić information content (AvgIpc) is 3.46. The van der Waals surface area contributed by atoms with Crippen molar-refractivity contribution in [1.82, 2.24) is 9.80 Å².